The van der Waals surface area contributed by atoms with Crippen molar-refractivity contribution >= 4 is 27.7 Å². The number of rotatable bonds is 6. The van der Waals surface area contributed by atoms with Crippen molar-refractivity contribution in [3.63, 3.8) is 0 Å². The molecule has 1 atom stereocenters. The lowest BCUT2D eigenvalue weighted by molar-refractivity contribution is -0.137. The number of ether oxygens (including phenoxy) is 1. The fraction of sp³-hybridized carbons (Fsp3) is 0.471. The molecule has 1 aromatic carbocycles. The van der Waals surface area contributed by atoms with Gasteiger partial charge in [0.25, 0.3) is 10.1 Å². The van der Waals surface area contributed by atoms with E-state index < -0.39 is 22.2 Å². The Kier molecular flexibility index (Phi) is 7.01. The number of piperidine rings is 1. The van der Waals surface area contributed by atoms with Crippen LogP contribution in [0, 0.1) is 0 Å². The summed E-state index contributed by atoms with van der Waals surface area (Å²) in [6.07, 6.45) is 2.15. The van der Waals surface area contributed by atoms with Gasteiger partial charge in [-0.15, -0.1) is 0 Å². The number of carbonyl (C=O) groups excluding carboxylic acids is 1. The molecule has 1 fully saturated rings. The molecule has 0 saturated carbocycles. The molecule has 1 aromatic rings. The highest BCUT2D eigenvalue weighted by atomic mass is 35.5. The second kappa shape index (κ2) is 8.80. The van der Waals surface area contributed by atoms with E-state index in [-0.39, 0.29) is 6.61 Å². The summed E-state index contributed by atoms with van der Waals surface area (Å²) in [6.45, 7) is 3.61. The van der Waals surface area contributed by atoms with Gasteiger partial charge in [-0.05, 0) is 30.5 Å². The number of benzene rings is 1. The summed E-state index contributed by atoms with van der Waals surface area (Å²) in [6, 6.07) is 7.54. The summed E-state index contributed by atoms with van der Waals surface area (Å²) in [4.78, 5) is 13.9. The van der Waals surface area contributed by atoms with Gasteiger partial charge in [-0.2, -0.15) is 8.42 Å². The fourth-order valence-corrected chi connectivity index (χ4v) is 3.56. The Balaban J connectivity index is 2.15. The molecule has 0 spiro atoms. The van der Waals surface area contributed by atoms with Crippen LogP contribution in [0.25, 0.3) is 0 Å². The highest BCUT2D eigenvalue weighted by Crippen LogP contribution is 2.24. The molecule has 1 aliphatic rings. The molecule has 0 N–H and O–H groups in total. The first-order valence-electron chi connectivity index (χ1n) is 7.99. The molecule has 1 unspecified atom stereocenters. The predicted molar refractivity (Wildman–Crippen MR) is 95.8 cm³/mol. The van der Waals surface area contributed by atoms with Gasteiger partial charge in [0.05, 0.1) is 12.9 Å². The monoisotopic (exact) mass is 387 g/mol. The average molecular weight is 388 g/mol. The average Bonchev–Trinajstić information content (AvgIpc) is 2.51. The maximum Gasteiger partial charge on any atom is 0.330 e. The molecule has 0 amide bonds. The lowest BCUT2D eigenvalue weighted by Crippen LogP contribution is -2.39. The Morgan fingerprint density at radius 3 is 2.76 bits per heavy atom. The minimum absolute atomic E-state index is 0.254. The van der Waals surface area contributed by atoms with Gasteiger partial charge in [-0.25, -0.2) is 4.79 Å². The molecule has 1 heterocycles. The number of likely N-dealkylation sites (tertiary alicyclic amines) is 1. The zero-order chi connectivity index (χ0) is 18.4. The van der Waals surface area contributed by atoms with Crippen molar-refractivity contribution in [2.45, 2.75) is 26.0 Å². The molecule has 0 aliphatic carbocycles. The van der Waals surface area contributed by atoms with Crippen LogP contribution in [0.15, 0.2) is 35.9 Å². The van der Waals surface area contributed by atoms with Crippen LogP contribution in [0.2, 0.25) is 5.02 Å². The van der Waals surface area contributed by atoms with Crippen LogP contribution >= 0.6 is 11.6 Å². The SMILES string of the molecule is CCOC(=O)C=C1CN(Cc2ccccc2Cl)CCC1OS(C)(=O)=O. The summed E-state index contributed by atoms with van der Waals surface area (Å²) in [5.74, 6) is -0.501. The summed E-state index contributed by atoms with van der Waals surface area (Å²) < 4.78 is 33.0. The molecule has 0 bridgehead atoms. The van der Waals surface area contributed by atoms with Crippen molar-refractivity contribution in [3.05, 3.63) is 46.5 Å². The third-order valence-corrected chi connectivity index (χ3v) is 4.71. The first-order chi connectivity index (χ1) is 11.8. The van der Waals surface area contributed by atoms with Crippen molar-refractivity contribution in [2.75, 3.05) is 26.0 Å². The maximum absolute atomic E-state index is 11.8. The van der Waals surface area contributed by atoms with Crippen molar-refractivity contribution in [1.29, 1.82) is 0 Å². The Morgan fingerprint density at radius 1 is 1.40 bits per heavy atom. The smallest absolute Gasteiger partial charge is 0.330 e. The van der Waals surface area contributed by atoms with Gasteiger partial charge >= 0.3 is 5.97 Å². The summed E-state index contributed by atoms with van der Waals surface area (Å²) >= 11 is 6.20. The number of esters is 1. The second-order valence-electron chi connectivity index (χ2n) is 5.85. The minimum Gasteiger partial charge on any atom is -0.463 e. The van der Waals surface area contributed by atoms with E-state index in [0.717, 1.165) is 11.8 Å². The lowest BCUT2D eigenvalue weighted by Gasteiger charge is -2.33. The van der Waals surface area contributed by atoms with Gasteiger partial charge in [0.2, 0.25) is 0 Å². The number of hydrogen-bond acceptors (Lipinski definition) is 6. The van der Waals surface area contributed by atoms with Crippen LogP contribution in [-0.4, -0.2) is 51.3 Å². The molecule has 6 nitrogen and oxygen atoms in total. The molecule has 0 radical (unpaired) electrons. The second-order valence-corrected chi connectivity index (χ2v) is 7.86. The zero-order valence-electron chi connectivity index (χ0n) is 14.3. The molecule has 0 aromatic heterocycles. The molecular weight excluding hydrogens is 366 g/mol. The van der Waals surface area contributed by atoms with Gasteiger partial charge in [-0.3, -0.25) is 9.08 Å². The maximum atomic E-state index is 11.8. The van der Waals surface area contributed by atoms with E-state index in [0.29, 0.717) is 36.7 Å². The van der Waals surface area contributed by atoms with Crippen LogP contribution in [0.1, 0.15) is 18.9 Å². The van der Waals surface area contributed by atoms with E-state index >= 15 is 0 Å². The Bertz CT molecular complexity index is 747. The van der Waals surface area contributed by atoms with E-state index in [2.05, 4.69) is 4.90 Å². The molecule has 2 rings (SSSR count). The molecule has 1 saturated heterocycles. The summed E-state index contributed by atoms with van der Waals surface area (Å²) in [7, 11) is -3.62. The molecule has 138 valence electrons. The Labute approximate surface area is 153 Å². The third kappa shape index (κ3) is 6.43. The Morgan fingerprint density at radius 2 is 2.12 bits per heavy atom. The number of nitrogens with zero attached hydrogens (tertiary/aromatic N) is 1. The van der Waals surface area contributed by atoms with Crippen LogP contribution in [0.5, 0.6) is 0 Å². The van der Waals surface area contributed by atoms with Crippen LogP contribution < -0.4 is 0 Å². The normalized spacial score (nSPS) is 20.6. The van der Waals surface area contributed by atoms with E-state index in [1.54, 1.807) is 6.92 Å². The highest BCUT2D eigenvalue weighted by Gasteiger charge is 2.28. The van der Waals surface area contributed by atoms with Gasteiger partial charge in [0, 0.05) is 30.7 Å². The quantitative estimate of drug-likeness (QED) is 0.424. The van der Waals surface area contributed by atoms with Crippen LogP contribution in [0.3, 0.4) is 0 Å². The summed E-state index contributed by atoms with van der Waals surface area (Å²) in [5.41, 5.74) is 1.56. The fourth-order valence-electron chi connectivity index (χ4n) is 2.72. The van der Waals surface area contributed by atoms with Crippen molar-refractivity contribution < 1.29 is 22.1 Å². The lowest BCUT2D eigenvalue weighted by atomic mass is 10.0. The van der Waals surface area contributed by atoms with E-state index in [9.17, 15) is 13.2 Å². The summed E-state index contributed by atoms with van der Waals surface area (Å²) in [5, 5.41) is 0.674. The van der Waals surface area contributed by atoms with Crippen molar-refractivity contribution in [1.82, 2.24) is 4.90 Å². The third-order valence-electron chi connectivity index (χ3n) is 3.76. The molecular formula is C17H22ClNO5S. The highest BCUT2D eigenvalue weighted by molar-refractivity contribution is 7.86. The van der Waals surface area contributed by atoms with E-state index in [1.807, 2.05) is 24.3 Å². The largest absolute Gasteiger partial charge is 0.463 e. The van der Waals surface area contributed by atoms with Crippen molar-refractivity contribution in [3.8, 4) is 0 Å². The first-order valence-corrected chi connectivity index (χ1v) is 10.2. The van der Waals surface area contributed by atoms with Crippen molar-refractivity contribution in [2.24, 2.45) is 0 Å². The minimum atomic E-state index is -3.62. The van der Waals surface area contributed by atoms with E-state index in [1.165, 1.54) is 6.08 Å². The number of carbonyl (C=O) groups is 1. The van der Waals surface area contributed by atoms with Gasteiger partial charge in [0.15, 0.2) is 0 Å². The zero-order valence-corrected chi connectivity index (χ0v) is 15.8. The number of halogens is 1. The number of hydrogen-bond donors (Lipinski definition) is 0. The van der Waals surface area contributed by atoms with Gasteiger partial charge < -0.3 is 4.74 Å². The van der Waals surface area contributed by atoms with Crippen LogP contribution in [-0.2, 0) is 30.4 Å². The van der Waals surface area contributed by atoms with E-state index in [4.69, 9.17) is 20.5 Å². The molecule has 8 heteroatoms. The molecule has 1 aliphatic heterocycles. The van der Waals surface area contributed by atoms with Gasteiger partial charge in [-0.1, -0.05) is 29.8 Å². The predicted octanol–water partition coefficient (Wildman–Crippen LogP) is 2.38. The molecule has 25 heavy (non-hydrogen) atoms. The van der Waals surface area contributed by atoms with Gasteiger partial charge in [0.1, 0.15) is 6.10 Å². The van der Waals surface area contributed by atoms with Crippen LogP contribution in [0.4, 0.5) is 0 Å². The standard InChI is InChI=1S/C17H22ClNO5S/c1-3-23-17(20)10-14-12-19(9-8-16(14)24-25(2,21)22)11-13-6-4-5-7-15(13)18/h4-7,10,16H,3,8-9,11-12H2,1-2H3. The Hall–Kier alpha value is -1.41. The first kappa shape index (κ1) is 19.9. The topological polar surface area (TPSA) is 72.9 Å².